The van der Waals surface area contributed by atoms with Crippen molar-refractivity contribution in [3.8, 4) is 0 Å². The molecule has 0 spiro atoms. The number of carbonyl (C=O) groups excluding carboxylic acids is 3. The van der Waals surface area contributed by atoms with Crippen molar-refractivity contribution in [1.82, 2.24) is 10.2 Å². The highest BCUT2D eigenvalue weighted by molar-refractivity contribution is 6.00. The minimum absolute atomic E-state index is 0.0162. The van der Waals surface area contributed by atoms with Crippen LogP contribution in [0.3, 0.4) is 0 Å². The van der Waals surface area contributed by atoms with Crippen molar-refractivity contribution in [3.63, 3.8) is 0 Å². The predicted octanol–water partition coefficient (Wildman–Crippen LogP) is 0.544. The van der Waals surface area contributed by atoms with Crippen LogP contribution in [0.1, 0.15) is 12.8 Å². The van der Waals surface area contributed by atoms with Crippen LogP contribution < -0.4 is 10.2 Å². The summed E-state index contributed by atoms with van der Waals surface area (Å²) in [6.45, 7) is 2.68. The van der Waals surface area contributed by atoms with E-state index in [4.69, 9.17) is 4.74 Å². The van der Waals surface area contributed by atoms with Crippen LogP contribution >= 0.6 is 0 Å². The molecule has 2 heterocycles. The van der Waals surface area contributed by atoms with Gasteiger partial charge in [-0.2, -0.15) is 0 Å². The molecule has 0 aliphatic carbocycles. The van der Waals surface area contributed by atoms with Crippen LogP contribution in [0.2, 0.25) is 0 Å². The van der Waals surface area contributed by atoms with E-state index >= 15 is 0 Å². The van der Waals surface area contributed by atoms with Gasteiger partial charge in [-0.05, 0) is 18.2 Å². The lowest BCUT2D eigenvalue weighted by molar-refractivity contribution is -0.135. The van der Waals surface area contributed by atoms with Crippen LogP contribution in [0.5, 0.6) is 0 Å². The fraction of sp³-hybridized carbons (Fsp3) is 0.500. The van der Waals surface area contributed by atoms with E-state index in [2.05, 4.69) is 5.32 Å². The number of morpholine rings is 1. The Bertz CT molecular complexity index is 691. The average molecular weight is 363 g/mol. The van der Waals surface area contributed by atoms with Crippen LogP contribution in [0.4, 0.5) is 10.1 Å². The zero-order valence-electron chi connectivity index (χ0n) is 14.4. The van der Waals surface area contributed by atoms with Crippen molar-refractivity contribution in [2.45, 2.75) is 12.8 Å². The zero-order chi connectivity index (χ0) is 18.5. The molecule has 140 valence electrons. The summed E-state index contributed by atoms with van der Waals surface area (Å²) in [7, 11) is 0. The van der Waals surface area contributed by atoms with Crippen LogP contribution in [0.15, 0.2) is 24.3 Å². The Morgan fingerprint density at radius 1 is 1.27 bits per heavy atom. The van der Waals surface area contributed by atoms with E-state index in [0.29, 0.717) is 32.0 Å². The molecule has 2 aliphatic rings. The van der Waals surface area contributed by atoms with Crippen molar-refractivity contribution in [2.75, 3.05) is 44.3 Å². The standard InChI is InChI=1S/C18H22FN3O4/c19-14-2-1-3-15(11-14)22-12-13(10-17(22)24)18(25)20-5-4-16(23)21-6-8-26-9-7-21/h1-3,11,13H,4-10,12H2,(H,20,25)/t13-/m1/s1. The fourth-order valence-electron chi connectivity index (χ4n) is 3.18. The van der Waals surface area contributed by atoms with Crippen LogP contribution in [0.25, 0.3) is 0 Å². The first kappa shape index (κ1) is 18.3. The first-order valence-electron chi connectivity index (χ1n) is 8.74. The van der Waals surface area contributed by atoms with E-state index in [1.54, 1.807) is 11.0 Å². The highest BCUT2D eigenvalue weighted by Crippen LogP contribution is 2.25. The number of nitrogens with one attached hydrogen (secondary N) is 1. The lowest BCUT2D eigenvalue weighted by atomic mass is 10.1. The number of hydrogen-bond donors (Lipinski definition) is 1. The van der Waals surface area contributed by atoms with Gasteiger partial charge in [0, 0.05) is 44.7 Å². The molecule has 0 bridgehead atoms. The van der Waals surface area contributed by atoms with Gasteiger partial charge in [-0.15, -0.1) is 0 Å². The zero-order valence-corrected chi connectivity index (χ0v) is 14.4. The molecule has 2 fully saturated rings. The molecule has 26 heavy (non-hydrogen) atoms. The molecule has 2 saturated heterocycles. The molecule has 1 N–H and O–H groups in total. The second-order valence-electron chi connectivity index (χ2n) is 6.42. The molecule has 3 rings (SSSR count). The van der Waals surface area contributed by atoms with Gasteiger partial charge in [-0.25, -0.2) is 4.39 Å². The monoisotopic (exact) mass is 363 g/mol. The van der Waals surface area contributed by atoms with Gasteiger partial charge in [-0.3, -0.25) is 14.4 Å². The van der Waals surface area contributed by atoms with E-state index in [1.165, 1.54) is 23.1 Å². The SMILES string of the molecule is O=C(NCCC(=O)N1CCOCC1)[C@@H]1CC(=O)N(c2cccc(F)c2)C1. The van der Waals surface area contributed by atoms with Gasteiger partial charge in [-0.1, -0.05) is 6.07 Å². The fourth-order valence-corrected chi connectivity index (χ4v) is 3.18. The van der Waals surface area contributed by atoms with E-state index in [0.717, 1.165) is 0 Å². The third kappa shape index (κ3) is 4.37. The molecule has 1 aromatic rings. The van der Waals surface area contributed by atoms with Crippen molar-refractivity contribution in [2.24, 2.45) is 5.92 Å². The maximum Gasteiger partial charge on any atom is 0.227 e. The number of ether oxygens (including phenoxy) is 1. The normalized spacial score (nSPS) is 20.3. The highest BCUT2D eigenvalue weighted by atomic mass is 19.1. The van der Waals surface area contributed by atoms with Crippen molar-refractivity contribution in [1.29, 1.82) is 0 Å². The molecule has 0 radical (unpaired) electrons. The summed E-state index contributed by atoms with van der Waals surface area (Å²) < 4.78 is 18.5. The summed E-state index contributed by atoms with van der Waals surface area (Å²) in [5, 5.41) is 2.73. The van der Waals surface area contributed by atoms with Crippen molar-refractivity contribution < 1.29 is 23.5 Å². The Morgan fingerprint density at radius 2 is 2.04 bits per heavy atom. The summed E-state index contributed by atoms with van der Waals surface area (Å²) >= 11 is 0. The van der Waals surface area contributed by atoms with E-state index < -0.39 is 11.7 Å². The van der Waals surface area contributed by atoms with Gasteiger partial charge in [0.15, 0.2) is 0 Å². The molecule has 0 unspecified atom stereocenters. The van der Waals surface area contributed by atoms with E-state index in [9.17, 15) is 18.8 Å². The number of rotatable bonds is 5. The van der Waals surface area contributed by atoms with Gasteiger partial charge in [0.05, 0.1) is 19.1 Å². The maximum absolute atomic E-state index is 13.3. The number of carbonyl (C=O) groups is 3. The Balaban J connectivity index is 1.46. The van der Waals surface area contributed by atoms with Gasteiger partial charge >= 0.3 is 0 Å². The van der Waals surface area contributed by atoms with Gasteiger partial charge in [0.2, 0.25) is 17.7 Å². The minimum Gasteiger partial charge on any atom is -0.378 e. The first-order valence-corrected chi connectivity index (χ1v) is 8.74. The summed E-state index contributed by atoms with van der Waals surface area (Å²) in [4.78, 5) is 39.6. The number of nitrogens with zero attached hydrogens (tertiary/aromatic N) is 2. The Morgan fingerprint density at radius 3 is 2.77 bits per heavy atom. The van der Waals surface area contributed by atoms with Crippen LogP contribution in [-0.4, -0.2) is 62.0 Å². The van der Waals surface area contributed by atoms with Gasteiger partial charge < -0.3 is 19.9 Å². The molecule has 8 heteroatoms. The Hall–Kier alpha value is -2.48. The second-order valence-corrected chi connectivity index (χ2v) is 6.42. The molecule has 7 nitrogen and oxygen atoms in total. The van der Waals surface area contributed by atoms with Crippen molar-refractivity contribution >= 4 is 23.4 Å². The van der Waals surface area contributed by atoms with Crippen LogP contribution in [0, 0.1) is 11.7 Å². The Labute approximate surface area is 151 Å². The number of halogens is 1. The predicted molar refractivity (Wildman–Crippen MR) is 91.9 cm³/mol. The number of anilines is 1. The molecule has 0 aromatic heterocycles. The maximum atomic E-state index is 13.3. The second kappa shape index (κ2) is 8.27. The minimum atomic E-state index is -0.496. The molecular formula is C18H22FN3O4. The first-order chi connectivity index (χ1) is 12.5. The average Bonchev–Trinajstić information content (AvgIpc) is 3.04. The third-order valence-electron chi connectivity index (χ3n) is 4.62. The van der Waals surface area contributed by atoms with Crippen molar-refractivity contribution in [3.05, 3.63) is 30.1 Å². The largest absolute Gasteiger partial charge is 0.378 e. The molecule has 0 saturated carbocycles. The highest BCUT2D eigenvalue weighted by Gasteiger charge is 2.35. The van der Waals surface area contributed by atoms with Crippen LogP contribution in [-0.2, 0) is 19.1 Å². The number of benzene rings is 1. The Kier molecular flexibility index (Phi) is 5.82. The quantitative estimate of drug-likeness (QED) is 0.828. The molecular weight excluding hydrogens is 341 g/mol. The topological polar surface area (TPSA) is 79.0 Å². The summed E-state index contributed by atoms with van der Waals surface area (Å²) in [6, 6.07) is 5.75. The molecule has 1 aromatic carbocycles. The number of hydrogen-bond acceptors (Lipinski definition) is 4. The molecule has 3 amide bonds. The smallest absolute Gasteiger partial charge is 0.227 e. The summed E-state index contributed by atoms with van der Waals surface area (Å²) in [5.41, 5.74) is 0.452. The van der Waals surface area contributed by atoms with E-state index in [-0.39, 0.29) is 43.7 Å². The number of amides is 3. The van der Waals surface area contributed by atoms with Gasteiger partial charge in [0.1, 0.15) is 5.82 Å². The lowest BCUT2D eigenvalue weighted by Gasteiger charge is -2.26. The molecule has 1 atom stereocenters. The van der Waals surface area contributed by atoms with E-state index in [1.807, 2.05) is 0 Å². The summed E-state index contributed by atoms with van der Waals surface area (Å²) in [5.74, 6) is -1.40. The molecule has 2 aliphatic heterocycles. The van der Waals surface area contributed by atoms with Gasteiger partial charge in [0.25, 0.3) is 0 Å². The third-order valence-corrected chi connectivity index (χ3v) is 4.62. The summed E-state index contributed by atoms with van der Waals surface area (Å²) in [6.07, 6.45) is 0.305. The lowest BCUT2D eigenvalue weighted by Crippen LogP contribution is -2.42.